The van der Waals surface area contributed by atoms with Crippen molar-refractivity contribution in [2.24, 2.45) is 5.41 Å². The number of alkyl halides is 4. The first-order valence-corrected chi connectivity index (χ1v) is 5.69. The number of carbonyl (C=O) groups is 2. The monoisotopic (exact) mass is 302 g/mol. The molecule has 0 fully saturated rings. The first kappa shape index (κ1) is 18.5. The molecule has 0 saturated heterocycles. The summed E-state index contributed by atoms with van der Waals surface area (Å²) in [6.45, 7) is 3.89. The van der Waals surface area contributed by atoms with Gasteiger partial charge in [-0.3, -0.25) is 4.79 Å². The Morgan fingerprint density at radius 3 is 1.95 bits per heavy atom. The number of halogens is 4. The first-order valence-electron chi connectivity index (χ1n) is 5.69. The maximum atomic E-state index is 12.6. The van der Waals surface area contributed by atoms with Crippen molar-refractivity contribution in [3.8, 4) is 0 Å². The van der Waals surface area contributed by atoms with Gasteiger partial charge in [0.15, 0.2) is 0 Å². The SMILES string of the molecule is CC(C)(NC(=O)NCC(F)(F)C(F)F)C(C)(C)C(=O)O. The zero-order valence-electron chi connectivity index (χ0n) is 11.6. The Morgan fingerprint density at radius 2 is 1.60 bits per heavy atom. The van der Waals surface area contributed by atoms with Crippen LogP contribution in [-0.4, -0.2) is 41.5 Å². The lowest BCUT2D eigenvalue weighted by Gasteiger charge is -2.38. The van der Waals surface area contributed by atoms with Crippen LogP contribution in [0.4, 0.5) is 22.4 Å². The Labute approximate surface area is 113 Å². The molecular weight excluding hydrogens is 284 g/mol. The van der Waals surface area contributed by atoms with Gasteiger partial charge in [-0.15, -0.1) is 0 Å². The average molecular weight is 302 g/mol. The molecule has 0 spiro atoms. The zero-order chi connectivity index (χ0) is 16.4. The van der Waals surface area contributed by atoms with Crippen molar-refractivity contribution in [1.82, 2.24) is 10.6 Å². The fraction of sp³-hybridized carbons (Fsp3) is 0.818. The van der Waals surface area contributed by atoms with Crippen LogP contribution in [0.2, 0.25) is 0 Å². The lowest BCUT2D eigenvalue weighted by atomic mass is 9.74. The summed E-state index contributed by atoms with van der Waals surface area (Å²) in [5.74, 6) is -5.55. The summed E-state index contributed by atoms with van der Waals surface area (Å²) >= 11 is 0. The number of hydrogen-bond acceptors (Lipinski definition) is 2. The van der Waals surface area contributed by atoms with Crippen LogP contribution in [0.3, 0.4) is 0 Å². The maximum Gasteiger partial charge on any atom is 0.324 e. The highest BCUT2D eigenvalue weighted by Crippen LogP contribution is 2.30. The summed E-state index contributed by atoms with van der Waals surface area (Å²) in [4.78, 5) is 22.5. The standard InChI is InChI=1S/C11H18F4N2O3/c1-9(2,7(18)19)10(3,4)17-8(20)16-5-11(14,15)6(12)13/h6H,5H2,1-4H3,(H,18,19)(H2,16,17,20). The first-order chi connectivity index (χ1) is 8.74. The van der Waals surface area contributed by atoms with Crippen LogP contribution in [0.15, 0.2) is 0 Å². The Kier molecular flexibility index (Phi) is 5.39. The average Bonchev–Trinajstić information content (AvgIpc) is 2.25. The number of amides is 2. The van der Waals surface area contributed by atoms with E-state index in [4.69, 9.17) is 5.11 Å². The van der Waals surface area contributed by atoms with Crippen molar-refractivity contribution in [1.29, 1.82) is 0 Å². The van der Waals surface area contributed by atoms with E-state index in [2.05, 4.69) is 5.32 Å². The number of urea groups is 1. The van der Waals surface area contributed by atoms with E-state index in [0.717, 1.165) is 0 Å². The Morgan fingerprint density at radius 1 is 1.15 bits per heavy atom. The van der Waals surface area contributed by atoms with Crippen molar-refractivity contribution in [2.75, 3.05) is 6.54 Å². The van der Waals surface area contributed by atoms with Crippen LogP contribution in [0.5, 0.6) is 0 Å². The number of carbonyl (C=O) groups excluding carboxylic acids is 1. The Hall–Kier alpha value is -1.54. The second-order valence-corrected chi connectivity index (χ2v) is 5.42. The minimum Gasteiger partial charge on any atom is -0.481 e. The number of carboxylic acid groups (broad SMARTS) is 1. The normalized spacial score (nSPS) is 13.2. The van der Waals surface area contributed by atoms with Crippen molar-refractivity contribution >= 4 is 12.0 Å². The summed E-state index contributed by atoms with van der Waals surface area (Å²) in [7, 11) is 0. The lowest BCUT2D eigenvalue weighted by molar-refractivity contribution is -0.150. The van der Waals surface area contributed by atoms with Gasteiger partial charge in [0, 0.05) is 0 Å². The third kappa shape index (κ3) is 4.24. The molecular formula is C11H18F4N2O3. The van der Waals surface area contributed by atoms with Gasteiger partial charge in [0.2, 0.25) is 0 Å². The van der Waals surface area contributed by atoms with E-state index in [1.54, 1.807) is 5.32 Å². The molecule has 20 heavy (non-hydrogen) atoms. The van der Waals surface area contributed by atoms with Gasteiger partial charge >= 0.3 is 24.3 Å². The summed E-state index contributed by atoms with van der Waals surface area (Å²) < 4.78 is 49.0. The van der Waals surface area contributed by atoms with Crippen molar-refractivity contribution in [3.63, 3.8) is 0 Å². The largest absolute Gasteiger partial charge is 0.481 e. The molecule has 0 rings (SSSR count). The van der Waals surface area contributed by atoms with Crippen LogP contribution in [0.1, 0.15) is 27.7 Å². The molecule has 9 heteroatoms. The molecule has 0 radical (unpaired) electrons. The molecule has 0 aliphatic heterocycles. The quantitative estimate of drug-likeness (QED) is 0.657. The van der Waals surface area contributed by atoms with Gasteiger partial charge in [-0.2, -0.15) is 8.78 Å². The second-order valence-electron chi connectivity index (χ2n) is 5.42. The highest BCUT2D eigenvalue weighted by Gasteiger charge is 2.45. The topological polar surface area (TPSA) is 78.4 Å². The molecule has 0 aromatic carbocycles. The molecule has 5 nitrogen and oxygen atoms in total. The van der Waals surface area contributed by atoms with Crippen LogP contribution in [-0.2, 0) is 4.79 Å². The zero-order valence-corrected chi connectivity index (χ0v) is 11.6. The molecule has 0 aromatic heterocycles. The summed E-state index contributed by atoms with van der Waals surface area (Å²) in [5.41, 5.74) is -2.68. The molecule has 0 bridgehead atoms. The van der Waals surface area contributed by atoms with Crippen LogP contribution in [0, 0.1) is 5.41 Å². The predicted octanol–water partition coefficient (Wildman–Crippen LogP) is 2.08. The fourth-order valence-corrected chi connectivity index (χ4v) is 1.03. The van der Waals surface area contributed by atoms with Gasteiger partial charge in [0.1, 0.15) is 0 Å². The Bertz CT molecular complexity index is 384. The predicted molar refractivity (Wildman–Crippen MR) is 63.0 cm³/mol. The molecule has 2 amide bonds. The van der Waals surface area contributed by atoms with E-state index in [1.807, 2.05) is 0 Å². The minimum absolute atomic E-state index is 1.15. The molecule has 0 unspecified atom stereocenters. The van der Waals surface area contributed by atoms with Crippen LogP contribution in [0.25, 0.3) is 0 Å². The van der Waals surface area contributed by atoms with Gasteiger partial charge in [-0.1, -0.05) is 0 Å². The highest BCUT2D eigenvalue weighted by atomic mass is 19.3. The second kappa shape index (κ2) is 5.84. The van der Waals surface area contributed by atoms with Crippen molar-refractivity contribution in [3.05, 3.63) is 0 Å². The molecule has 118 valence electrons. The smallest absolute Gasteiger partial charge is 0.324 e. The molecule has 0 heterocycles. The molecule has 0 aliphatic carbocycles. The van der Waals surface area contributed by atoms with Gasteiger partial charge < -0.3 is 15.7 Å². The molecule has 3 N–H and O–H groups in total. The van der Waals surface area contributed by atoms with Crippen molar-refractivity contribution < 1.29 is 32.3 Å². The maximum absolute atomic E-state index is 12.6. The molecule has 0 aromatic rings. The van der Waals surface area contributed by atoms with Gasteiger partial charge in [-0.25, -0.2) is 13.6 Å². The Balaban J connectivity index is 4.67. The van der Waals surface area contributed by atoms with Gasteiger partial charge in [0.05, 0.1) is 17.5 Å². The van der Waals surface area contributed by atoms with Crippen LogP contribution >= 0.6 is 0 Å². The van der Waals surface area contributed by atoms with E-state index in [-0.39, 0.29) is 0 Å². The van der Waals surface area contributed by atoms with Crippen molar-refractivity contribution in [2.45, 2.75) is 45.6 Å². The van der Waals surface area contributed by atoms with Gasteiger partial charge in [-0.05, 0) is 27.7 Å². The number of hydrogen-bond donors (Lipinski definition) is 3. The van der Waals surface area contributed by atoms with E-state index >= 15 is 0 Å². The number of rotatable bonds is 6. The molecule has 0 aliphatic rings. The van der Waals surface area contributed by atoms with E-state index in [0.29, 0.717) is 0 Å². The van der Waals surface area contributed by atoms with Crippen LogP contribution < -0.4 is 10.6 Å². The fourth-order valence-electron chi connectivity index (χ4n) is 1.03. The summed E-state index contributed by atoms with van der Waals surface area (Å²) in [5, 5.41) is 12.8. The highest BCUT2D eigenvalue weighted by molar-refractivity contribution is 5.79. The molecule has 0 atom stereocenters. The summed E-state index contributed by atoms with van der Waals surface area (Å²) in [6.07, 6.45) is -3.90. The van der Waals surface area contributed by atoms with E-state index in [1.165, 1.54) is 27.7 Å². The third-order valence-electron chi connectivity index (χ3n) is 3.33. The number of carboxylic acids is 1. The van der Waals surface area contributed by atoms with E-state index < -0.39 is 41.8 Å². The lowest BCUT2D eigenvalue weighted by Crippen LogP contribution is -2.60. The molecule has 0 saturated carbocycles. The summed E-state index contributed by atoms with van der Waals surface area (Å²) in [6, 6.07) is -1.15. The number of aliphatic carboxylic acids is 1. The minimum atomic E-state index is -4.34. The van der Waals surface area contributed by atoms with E-state index in [9.17, 15) is 27.2 Å². The van der Waals surface area contributed by atoms with Gasteiger partial charge in [0.25, 0.3) is 0 Å². The third-order valence-corrected chi connectivity index (χ3v) is 3.33. The number of nitrogens with one attached hydrogen (secondary N) is 2.